The van der Waals surface area contributed by atoms with Crippen molar-refractivity contribution in [1.29, 1.82) is 0 Å². The molecule has 0 radical (unpaired) electrons. The number of para-hydroxylation sites is 1. The maximum Gasteiger partial charge on any atom is 0.275 e. The molecular weight excluding hydrogens is 456 g/mol. The minimum Gasteiger partial charge on any atom is -0.351 e. The summed E-state index contributed by atoms with van der Waals surface area (Å²) in [7, 11) is 0. The number of carbonyl (C=O) groups excluding carboxylic acids is 2. The van der Waals surface area contributed by atoms with Gasteiger partial charge in [0.15, 0.2) is 5.17 Å². The maximum absolute atomic E-state index is 12.9. The van der Waals surface area contributed by atoms with E-state index >= 15 is 0 Å². The van der Waals surface area contributed by atoms with Gasteiger partial charge in [-0.05, 0) is 29.3 Å². The van der Waals surface area contributed by atoms with Crippen LogP contribution in [0.1, 0.15) is 22.7 Å². The van der Waals surface area contributed by atoms with Crippen molar-refractivity contribution in [3.8, 4) is 0 Å². The van der Waals surface area contributed by atoms with Gasteiger partial charge in [0.1, 0.15) is 11.9 Å². The van der Waals surface area contributed by atoms with Crippen LogP contribution < -0.4 is 5.32 Å². The van der Waals surface area contributed by atoms with Crippen LogP contribution in [0.5, 0.6) is 0 Å². The van der Waals surface area contributed by atoms with Crippen molar-refractivity contribution in [2.75, 3.05) is 5.75 Å². The molecule has 0 saturated carbocycles. The molecule has 2 aliphatic rings. The van der Waals surface area contributed by atoms with Gasteiger partial charge >= 0.3 is 0 Å². The molecule has 3 aromatic carbocycles. The Labute approximate surface area is 200 Å². The third kappa shape index (κ3) is 4.29. The summed E-state index contributed by atoms with van der Waals surface area (Å²) in [6.45, 7) is 0.343. The molecule has 0 fully saturated rings. The average Bonchev–Trinajstić information content (AvgIpc) is 3.20. The van der Waals surface area contributed by atoms with E-state index in [1.807, 2.05) is 77.7 Å². The first-order valence-electron chi connectivity index (χ1n) is 10.4. The van der Waals surface area contributed by atoms with Gasteiger partial charge in [0.05, 0.1) is 11.4 Å². The van der Waals surface area contributed by atoms with Crippen molar-refractivity contribution >= 4 is 51.9 Å². The van der Waals surface area contributed by atoms with Gasteiger partial charge in [-0.2, -0.15) is 4.99 Å². The fraction of sp³-hybridized carbons (Fsp3) is 0.120. The number of amides is 2. The third-order valence-corrected chi connectivity index (χ3v) is 6.71. The SMILES string of the molecule is O=C(CSC1=Nc2ccccc2C2=NC(=O)C(c3ccccc3)N12)NCc1ccccc1Cl. The lowest BCUT2D eigenvalue weighted by atomic mass is 10.0. The number of nitrogens with zero attached hydrogens (tertiary/aromatic N) is 3. The molecule has 0 bridgehead atoms. The van der Waals surface area contributed by atoms with Crippen LogP contribution in [0.2, 0.25) is 5.02 Å². The second kappa shape index (κ2) is 9.21. The normalized spacial score (nSPS) is 16.6. The van der Waals surface area contributed by atoms with Gasteiger partial charge in [-0.3, -0.25) is 14.5 Å². The van der Waals surface area contributed by atoms with Crippen LogP contribution in [0, 0.1) is 0 Å². The summed E-state index contributed by atoms with van der Waals surface area (Å²) in [4.78, 5) is 36.5. The standard InChI is InChI=1S/C25H19ClN4O2S/c26-19-12-6-4-10-17(19)14-27-21(31)15-33-25-28-20-13-7-5-11-18(20)23-29-24(32)22(30(23)25)16-8-2-1-3-9-16/h1-13,22H,14-15H2,(H,27,31). The average molecular weight is 475 g/mol. The largest absolute Gasteiger partial charge is 0.351 e. The second-order valence-corrected chi connectivity index (χ2v) is 8.87. The van der Waals surface area contributed by atoms with Crippen LogP contribution in [0.25, 0.3) is 0 Å². The second-order valence-electron chi connectivity index (χ2n) is 7.53. The van der Waals surface area contributed by atoms with Gasteiger partial charge in [0.25, 0.3) is 5.91 Å². The summed E-state index contributed by atoms with van der Waals surface area (Å²) < 4.78 is 0. The van der Waals surface area contributed by atoms with Gasteiger partial charge in [-0.1, -0.05) is 84.0 Å². The fourth-order valence-corrected chi connectivity index (χ4v) is 4.86. The minimum atomic E-state index is -0.605. The van der Waals surface area contributed by atoms with Crippen LogP contribution in [0.3, 0.4) is 0 Å². The van der Waals surface area contributed by atoms with Gasteiger partial charge in [-0.15, -0.1) is 0 Å². The molecule has 0 aliphatic carbocycles. The molecule has 33 heavy (non-hydrogen) atoms. The van der Waals surface area contributed by atoms with Gasteiger partial charge in [0, 0.05) is 17.1 Å². The van der Waals surface area contributed by atoms with Gasteiger partial charge in [-0.25, -0.2) is 4.99 Å². The number of hydrogen-bond acceptors (Lipinski definition) is 5. The molecule has 0 spiro atoms. The van der Waals surface area contributed by atoms with Crippen molar-refractivity contribution in [2.24, 2.45) is 9.98 Å². The van der Waals surface area contributed by atoms with E-state index < -0.39 is 6.04 Å². The van der Waals surface area contributed by atoms with Crippen LogP contribution in [0.15, 0.2) is 88.8 Å². The number of fused-ring (bicyclic) bond motifs is 3. The molecule has 1 unspecified atom stereocenters. The number of carbonyl (C=O) groups is 2. The molecule has 0 aromatic heterocycles. The lowest BCUT2D eigenvalue weighted by molar-refractivity contribution is -0.120. The zero-order chi connectivity index (χ0) is 22.8. The summed E-state index contributed by atoms with van der Waals surface area (Å²) in [5.41, 5.74) is 3.21. The monoisotopic (exact) mass is 474 g/mol. The van der Waals surface area contributed by atoms with E-state index in [9.17, 15) is 9.59 Å². The summed E-state index contributed by atoms with van der Waals surface area (Å²) in [5.74, 6) is 0.315. The highest BCUT2D eigenvalue weighted by Crippen LogP contribution is 2.39. The Bertz CT molecular complexity index is 1290. The number of benzene rings is 3. The Hall–Kier alpha value is -3.42. The molecule has 2 aliphatic heterocycles. The molecule has 6 nitrogen and oxygen atoms in total. The molecule has 164 valence electrons. The first-order valence-corrected chi connectivity index (χ1v) is 11.8. The molecule has 1 N–H and O–H groups in total. The van der Waals surface area contributed by atoms with Crippen molar-refractivity contribution in [2.45, 2.75) is 12.6 Å². The zero-order valence-corrected chi connectivity index (χ0v) is 19.0. The number of halogens is 1. The van der Waals surface area contributed by atoms with E-state index in [-0.39, 0.29) is 17.6 Å². The van der Waals surface area contributed by atoms with Crippen LogP contribution in [-0.4, -0.2) is 33.5 Å². The van der Waals surface area contributed by atoms with Crippen LogP contribution in [0.4, 0.5) is 5.69 Å². The van der Waals surface area contributed by atoms with E-state index in [2.05, 4.69) is 10.3 Å². The molecule has 2 amide bonds. The Balaban J connectivity index is 1.38. The highest BCUT2D eigenvalue weighted by Gasteiger charge is 2.42. The molecular formula is C25H19ClN4O2S. The quantitative estimate of drug-likeness (QED) is 0.580. The van der Waals surface area contributed by atoms with Crippen LogP contribution >= 0.6 is 23.4 Å². The zero-order valence-electron chi connectivity index (χ0n) is 17.4. The first kappa shape index (κ1) is 21.4. The highest BCUT2D eigenvalue weighted by atomic mass is 35.5. The van der Waals surface area contributed by atoms with E-state index in [1.54, 1.807) is 6.07 Å². The van der Waals surface area contributed by atoms with Gasteiger partial charge < -0.3 is 5.32 Å². The molecule has 8 heteroatoms. The lowest BCUT2D eigenvalue weighted by Gasteiger charge is -2.31. The van der Waals surface area contributed by atoms with E-state index in [4.69, 9.17) is 16.6 Å². The minimum absolute atomic E-state index is 0.144. The highest BCUT2D eigenvalue weighted by molar-refractivity contribution is 8.14. The smallest absolute Gasteiger partial charge is 0.275 e. The fourth-order valence-electron chi connectivity index (χ4n) is 3.81. The number of rotatable bonds is 5. The first-order chi connectivity index (χ1) is 16.1. The van der Waals surface area contributed by atoms with Gasteiger partial charge in [0.2, 0.25) is 5.91 Å². The Morgan fingerprint density at radius 2 is 1.70 bits per heavy atom. The molecule has 5 rings (SSSR count). The molecule has 2 heterocycles. The number of thioether (sulfide) groups is 1. The summed E-state index contributed by atoms with van der Waals surface area (Å²) in [6, 6.07) is 23.9. The van der Waals surface area contributed by atoms with E-state index in [1.165, 1.54) is 11.8 Å². The predicted octanol–water partition coefficient (Wildman–Crippen LogP) is 4.72. The molecule has 1 atom stereocenters. The van der Waals surface area contributed by atoms with Crippen molar-refractivity contribution in [1.82, 2.24) is 10.2 Å². The number of aliphatic imine (C=N–C) groups is 2. The van der Waals surface area contributed by atoms with Crippen LogP contribution in [-0.2, 0) is 16.1 Å². The Kier molecular flexibility index (Phi) is 5.98. The summed E-state index contributed by atoms with van der Waals surface area (Å²) in [6.07, 6.45) is 0. The van der Waals surface area contributed by atoms with E-state index in [0.717, 1.165) is 22.4 Å². The van der Waals surface area contributed by atoms with Crippen molar-refractivity contribution in [3.05, 3.63) is 101 Å². The number of hydrogen-bond donors (Lipinski definition) is 1. The van der Waals surface area contributed by atoms with Crippen molar-refractivity contribution in [3.63, 3.8) is 0 Å². The topological polar surface area (TPSA) is 74.1 Å². The number of amidine groups is 2. The summed E-state index contributed by atoms with van der Waals surface area (Å²) >= 11 is 7.46. The lowest BCUT2D eigenvalue weighted by Crippen LogP contribution is -2.39. The molecule has 3 aromatic rings. The van der Waals surface area contributed by atoms with E-state index in [0.29, 0.717) is 22.6 Å². The van der Waals surface area contributed by atoms with Crippen molar-refractivity contribution < 1.29 is 9.59 Å². The molecule has 0 saturated heterocycles. The Morgan fingerprint density at radius 3 is 2.52 bits per heavy atom. The predicted molar refractivity (Wildman–Crippen MR) is 132 cm³/mol. The maximum atomic E-state index is 12.9. The number of nitrogens with one attached hydrogen (secondary N) is 1. The summed E-state index contributed by atoms with van der Waals surface area (Å²) in [5, 5.41) is 4.08. The Morgan fingerprint density at radius 1 is 0.970 bits per heavy atom. The third-order valence-electron chi connectivity index (χ3n) is 5.39.